The van der Waals surface area contributed by atoms with Gasteiger partial charge in [-0.25, -0.2) is 4.39 Å². The Morgan fingerprint density at radius 2 is 2.12 bits per heavy atom. The van der Waals surface area contributed by atoms with Crippen LogP contribution in [0.2, 0.25) is 0 Å². The van der Waals surface area contributed by atoms with E-state index in [4.69, 9.17) is 9.15 Å². The number of carbonyl (C=O) groups is 1. The van der Waals surface area contributed by atoms with Gasteiger partial charge in [-0.1, -0.05) is 6.07 Å². The predicted molar refractivity (Wildman–Crippen MR) is 93.9 cm³/mol. The number of thioether (sulfide) groups is 1. The quantitative estimate of drug-likeness (QED) is 0.438. The Morgan fingerprint density at radius 1 is 1.32 bits per heavy atom. The van der Waals surface area contributed by atoms with Crippen LogP contribution >= 0.6 is 23.1 Å². The van der Waals surface area contributed by atoms with E-state index in [2.05, 4.69) is 10.2 Å². The number of carbonyl (C=O) groups excluding carboxylic acids is 1. The highest BCUT2D eigenvalue weighted by atomic mass is 32.2. The van der Waals surface area contributed by atoms with E-state index in [1.165, 1.54) is 35.2 Å². The average molecular weight is 378 g/mol. The molecule has 0 aliphatic carbocycles. The number of esters is 1. The highest BCUT2D eigenvalue weighted by Gasteiger charge is 2.19. The normalized spacial score (nSPS) is 12.1. The van der Waals surface area contributed by atoms with Gasteiger partial charge in [0.2, 0.25) is 0 Å². The summed E-state index contributed by atoms with van der Waals surface area (Å²) >= 11 is 2.96. The zero-order valence-corrected chi connectivity index (χ0v) is 15.0. The molecule has 0 amide bonds. The van der Waals surface area contributed by atoms with Crippen molar-refractivity contribution in [2.75, 3.05) is 5.75 Å². The molecule has 3 aromatic rings. The van der Waals surface area contributed by atoms with Crippen LogP contribution in [0.3, 0.4) is 0 Å². The van der Waals surface area contributed by atoms with Gasteiger partial charge < -0.3 is 9.15 Å². The Labute approximate surface area is 152 Å². The molecule has 0 bridgehead atoms. The summed E-state index contributed by atoms with van der Waals surface area (Å²) in [4.78, 5) is 13.7. The minimum absolute atomic E-state index is 0.234. The summed E-state index contributed by atoms with van der Waals surface area (Å²) in [5.41, 5.74) is 0. The lowest BCUT2D eigenvalue weighted by molar-refractivity contribution is -0.149. The number of hydrogen-bond donors (Lipinski definition) is 0. The van der Waals surface area contributed by atoms with Crippen molar-refractivity contribution in [2.45, 2.75) is 24.3 Å². The van der Waals surface area contributed by atoms with Crippen molar-refractivity contribution in [3.8, 4) is 10.8 Å². The van der Waals surface area contributed by atoms with E-state index in [0.29, 0.717) is 11.6 Å². The standard InChI is InChI=1S/C17H15FN2O3S2/c1-11(16-19-20-17(23-16)14-3-2-9-25-14)22-15(21)8-10-24-13-6-4-12(18)5-7-13/h2-7,9,11H,8,10H2,1H3. The number of halogens is 1. The predicted octanol–water partition coefficient (Wildman–Crippen LogP) is 4.72. The van der Waals surface area contributed by atoms with Crippen LogP contribution in [-0.4, -0.2) is 21.9 Å². The molecule has 0 fully saturated rings. The Hall–Kier alpha value is -2.19. The number of aromatic nitrogens is 2. The molecule has 2 aromatic heterocycles. The number of benzene rings is 1. The highest BCUT2D eigenvalue weighted by Crippen LogP contribution is 2.26. The van der Waals surface area contributed by atoms with E-state index in [0.717, 1.165) is 9.77 Å². The van der Waals surface area contributed by atoms with Gasteiger partial charge in [0.15, 0.2) is 6.10 Å². The van der Waals surface area contributed by atoms with E-state index in [1.54, 1.807) is 19.1 Å². The van der Waals surface area contributed by atoms with Crippen molar-refractivity contribution in [3.05, 3.63) is 53.5 Å². The Kier molecular flexibility index (Phi) is 5.83. The smallest absolute Gasteiger partial charge is 0.307 e. The second-order valence-corrected chi connectivity index (χ2v) is 7.22. The van der Waals surface area contributed by atoms with E-state index >= 15 is 0 Å². The summed E-state index contributed by atoms with van der Waals surface area (Å²) in [6.45, 7) is 1.69. The van der Waals surface area contributed by atoms with E-state index < -0.39 is 6.10 Å². The summed E-state index contributed by atoms with van der Waals surface area (Å²) in [6.07, 6.45) is -0.372. The number of thiophene rings is 1. The number of rotatable bonds is 7. The maximum atomic E-state index is 12.8. The highest BCUT2D eigenvalue weighted by molar-refractivity contribution is 7.99. The molecule has 1 unspecified atom stereocenters. The van der Waals surface area contributed by atoms with Gasteiger partial charge in [0.05, 0.1) is 11.3 Å². The second-order valence-electron chi connectivity index (χ2n) is 5.11. The first-order valence-corrected chi connectivity index (χ1v) is 9.43. The van der Waals surface area contributed by atoms with Crippen LogP contribution in [0.1, 0.15) is 25.3 Å². The number of hydrogen-bond acceptors (Lipinski definition) is 7. The van der Waals surface area contributed by atoms with Gasteiger partial charge in [-0.2, -0.15) is 0 Å². The van der Waals surface area contributed by atoms with Crippen LogP contribution in [-0.2, 0) is 9.53 Å². The summed E-state index contributed by atoms with van der Waals surface area (Å²) in [5, 5.41) is 9.82. The van der Waals surface area contributed by atoms with E-state index in [9.17, 15) is 9.18 Å². The van der Waals surface area contributed by atoms with Gasteiger partial charge in [-0.3, -0.25) is 4.79 Å². The molecule has 0 aliphatic rings. The lowest BCUT2D eigenvalue weighted by atomic mass is 10.4. The van der Waals surface area contributed by atoms with Crippen LogP contribution in [0.25, 0.3) is 10.8 Å². The molecule has 0 spiro atoms. The maximum Gasteiger partial charge on any atom is 0.307 e. The zero-order valence-electron chi connectivity index (χ0n) is 13.3. The van der Waals surface area contributed by atoms with Crippen LogP contribution in [0.4, 0.5) is 4.39 Å². The number of ether oxygens (including phenoxy) is 1. The second kappa shape index (κ2) is 8.26. The van der Waals surface area contributed by atoms with E-state index in [-0.39, 0.29) is 24.1 Å². The summed E-state index contributed by atoms with van der Waals surface area (Å²) < 4.78 is 23.7. The topological polar surface area (TPSA) is 65.2 Å². The molecule has 5 nitrogen and oxygen atoms in total. The Morgan fingerprint density at radius 3 is 2.84 bits per heavy atom. The van der Waals surface area contributed by atoms with Crippen molar-refractivity contribution in [1.29, 1.82) is 0 Å². The van der Waals surface area contributed by atoms with Crippen molar-refractivity contribution in [2.24, 2.45) is 0 Å². The summed E-state index contributed by atoms with van der Waals surface area (Å²) in [5.74, 6) is 0.598. The molecular weight excluding hydrogens is 363 g/mol. The van der Waals surface area contributed by atoms with Crippen molar-refractivity contribution in [1.82, 2.24) is 10.2 Å². The van der Waals surface area contributed by atoms with Crippen molar-refractivity contribution >= 4 is 29.1 Å². The minimum atomic E-state index is -0.607. The molecule has 130 valence electrons. The third-order valence-corrected chi connectivity index (χ3v) is 5.09. The van der Waals surface area contributed by atoms with Gasteiger partial charge in [-0.15, -0.1) is 33.3 Å². The summed E-state index contributed by atoms with van der Waals surface area (Å²) in [7, 11) is 0. The first-order valence-electron chi connectivity index (χ1n) is 7.57. The van der Waals surface area contributed by atoms with Crippen LogP contribution in [0, 0.1) is 5.82 Å². The SMILES string of the molecule is CC(OC(=O)CCSc1ccc(F)cc1)c1nnc(-c2cccs2)o1. The van der Waals surface area contributed by atoms with E-state index in [1.807, 2.05) is 17.5 Å². The Bertz CT molecular complexity index is 819. The van der Waals surface area contributed by atoms with Crippen molar-refractivity contribution in [3.63, 3.8) is 0 Å². The molecular formula is C17H15FN2O3S2. The van der Waals surface area contributed by atoms with Crippen molar-refractivity contribution < 1.29 is 18.3 Å². The lowest BCUT2D eigenvalue weighted by Gasteiger charge is -2.09. The monoisotopic (exact) mass is 378 g/mol. The molecule has 1 aromatic carbocycles. The number of nitrogens with zero attached hydrogens (tertiary/aromatic N) is 2. The minimum Gasteiger partial charge on any atom is -0.453 e. The van der Waals surface area contributed by atoms with Gasteiger partial charge in [0.1, 0.15) is 5.82 Å². The fourth-order valence-corrected chi connectivity index (χ4v) is 3.47. The molecule has 25 heavy (non-hydrogen) atoms. The Balaban J connectivity index is 1.46. The van der Waals surface area contributed by atoms with Gasteiger partial charge >= 0.3 is 5.97 Å². The third-order valence-electron chi connectivity index (χ3n) is 3.22. The summed E-state index contributed by atoms with van der Waals surface area (Å²) in [6, 6.07) is 9.92. The van der Waals surface area contributed by atoms with Crippen LogP contribution in [0.5, 0.6) is 0 Å². The molecule has 2 heterocycles. The third kappa shape index (κ3) is 4.90. The molecule has 3 rings (SSSR count). The average Bonchev–Trinajstić information content (AvgIpc) is 3.28. The molecule has 0 saturated carbocycles. The molecule has 8 heteroatoms. The van der Waals surface area contributed by atoms with Crippen LogP contribution < -0.4 is 0 Å². The van der Waals surface area contributed by atoms with Crippen LogP contribution in [0.15, 0.2) is 51.1 Å². The molecule has 0 radical (unpaired) electrons. The lowest BCUT2D eigenvalue weighted by Crippen LogP contribution is -2.09. The fraction of sp³-hybridized carbons (Fsp3) is 0.235. The van der Waals surface area contributed by atoms with Gasteiger partial charge in [0, 0.05) is 10.6 Å². The molecule has 0 aliphatic heterocycles. The molecule has 0 N–H and O–H groups in total. The largest absolute Gasteiger partial charge is 0.453 e. The first kappa shape index (κ1) is 17.6. The molecule has 0 saturated heterocycles. The maximum absolute atomic E-state index is 12.8. The van der Waals surface area contributed by atoms with Gasteiger partial charge in [0.25, 0.3) is 11.8 Å². The zero-order chi connectivity index (χ0) is 17.6. The molecule has 1 atom stereocenters. The van der Waals surface area contributed by atoms with Gasteiger partial charge in [-0.05, 0) is 42.6 Å². The fourth-order valence-electron chi connectivity index (χ4n) is 1.99. The first-order chi connectivity index (χ1) is 12.1.